The fourth-order valence-corrected chi connectivity index (χ4v) is 3.84. The van der Waals surface area contributed by atoms with Crippen LogP contribution in [0.1, 0.15) is 23.1 Å². The molecule has 0 bridgehead atoms. The zero-order chi connectivity index (χ0) is 20.5. The van der Waals surface area contributed by atoms with E-state index in [1.165, 1.54) is 5.56 Å². The van der Waals surface area contributed by atoms with Gasteiger partial charge in [0.1, 0.15) is 12.6 Å². The smallest absolute Gasteiger partial charge is 0.320 e. The monoisotopic (exact) mass is 467 g/mol. The van der Waals surface area contributed by atoms with Gasteiger partial charge < -0.3 is 19.9 Å². The standard InChI is InChI=1S/C21H26BrNO4S/c1-14-5-4-6-15(9-14)13-27-20-17(22)10-16(11-19(20)26-2)12-23-18(21(24)25)7-8-28-3/h4-6,9-11,18,23H,7-8,12-13H2,1-3H3,(H,24,25). The number of benzene rings is 2. The van der Waals surface area contributed by atoms with Crippen molar-refractivity contribution in [2.45, 2.75) is 32.5 Å². The van der Waals surface area contributed by atoms with E-state index in [0.29, 0.717) is 31.1 Å². The van der Waals surface area contributed by atoms with Crippen LogP contribution in [0, 0.1) is 6.92 Å². The summed E-state index contributed by atoms with van der Waals surface area (Å²) in [5, 5.41) is 12.5. The number of hydrogen-bond donors (Lipinski definition) is 2. The number of carboxylic acid groups (broad SMARTS) is 1. The fourth-order valence-electron chi connectivity index (χ4n) is 2.76. The summed E-state index contributed by atoms with van der Waals surface area (Å²) in [5.74, 6) is 1.20. The molecule has 2 rings (SSSR count). The van der Waals surface area contributed by atoms with Crippen LogP contribution in [0.25, 0.3) is 0 Å². The number of halogens is 1. The van der Waals surface area contributed by atoms with Crippen LogP contribution in [0.2, 0.25) is 0 Å². The Balaban J connectivity index is 2.08. The van der Waals surface area contributed by atoms with E-state index in [1.54, 1.807) is 18.9 Å². The molecule has 0 aliphatic carbocycles. The number of rotatable bonds is 11. The number of hydrogen-bond acceptors (Lipinski definition) is 5. The van der Waals surface area contributed by atoms with Crippen LogP contribution in [0.5, 0.6) is 11.5 Å². The summed E-state index contributed by atoms with van der Waals surface area (Å²) < 4.78 is 12.2. The highest BCUT2D eigenvalue weighted by molar-refractivity contribution is 9.10. The summed E-state index contributed by atoms with van der Waals surface area (Å²) in [4.78, 5) is 11.4. The van der Waals surface area contributed by atoms with Crippen molar-refractivity contribution in [2.24, 2.45) is 0 Å². The van der Waals surface area contributed by atoms with E-state index in [-0.39, 0.29) is 0 Å². The second-order valence-electron chi connectivity index (χ2n) is 6.44. The van der Waals surface area contributed by atoms with E-state index in [4.69, 9.17) is 9.47 Å². The second-order valence-corrected chi connectivity index (χ2v) is 8.28. The maximum absolute atomic E-state index is 11.4. The molecule has 7 heteroatoms. The Bertz CT molecular complexity index is 800. The number of aliphatic carboxylic acids is 1. The Morgan fingerprint density at radius 3 is 2.71 bits per heavy atom. The third-order valence-corrected chi connectivity index (χ3v) is 5.45. The highest BCUT2D eigenvalue weighted by atomic mass is 79.9. The van der Waals surface area contributed by atoms with Gasteiger partial charge in [0.2, 0.25) is 0 Å². The normalized spacial score (nSPS) is 11.9. The summed E-state index contributed by atoms with van der Waals surface area (Å²) in [7, 11) is 1.59. The first kappa shape index (κ1) is 22.6. The topological polar surface area (TPSA) is 67.8 Å². The number of carbonyl (C=O) groups is 1. The van der Waals surface area contributed by atoms with Gasteiger partial charge in [-0.1, -0.05) is 29.8 Å². The molecule has 152 valence electrons. The molecule has 0 saturated carbocycles. The van der Waals surface area contributed by atoms with Gasteiger partial charge in [-0.05, 0) is 64.5 Å². The van der Waals surface area contributed by atoms with Crippen molar-refractivity contribution in [3.8, 4) is 11.5 Å². The van der Waals surface area contributed by atoms with Crippen LogP contribution in [-0.2, 0) is 17.9 Å². The van der Waals surface area contributed by atoms with Gasteiger partial charge in [0.25, 0.3) is 0 Å². The van der Waals surface area contributed by atoms with Crippen molar-refractivity contribution in [1.82, 2.24) is 5.32 Å². The van der Waals surface area contributed by atoms with Crippen LogP contribution < -0.4 is 14.8 Å². The molecule has 0 saturated heterocycles. The summed E-state index contributed by atoms with van der Waals surface area (Å²) in [5.41, 5.74) is 3.18. The molecule has 2 N–H and O–H groups in total. The first-order chi connectivity index (χ1) is 13.4. The quantitative estimate of drug-likeness (QED) is 0.501. The molecular weight excluding hydrogens is 442 g/mol. The predicted octanol–water partition coefficient (Wildman–Crippen LogP) is 4.64. The van der Waals surface area contributed by atoms with Gasteiger partial charge >= 0.3 is 5.97 Å². The van der Waals surface area contributed by atoms with Crippen LogP contribution >= 0.6 is 27.7 Å². The first-order valence-corrected chi connectivity index (χ1v) is 11.1. The number of thioether (sulfide) groups is 1. The molecule has 0 aromatic heterocycles. The molecule has 0 fully saturated rings. The van der Waals surface area contributed by atoms with E-state index in [9.17, 15) is 9.90 Å². The van der Waals surface area contributed by atoms with E-state index in [1.807, 2.05) is 43.5 Å². The third kappa shape index (κ3) is 6.72. The molecular formula is C21H26BrNO4S. The molecule has 0 spiro atoms. The molecule has 0 radical (unpaired) electrons. The number of aryl methyl sites for hydroxylation is 1. The average molecular weight is 468 g/mol. The minimum absolute atomic E-state index is 0.429. The Labute approximate surface area is 178 Å². The average Bonchev–Trinajstić information content (AvgIpc) is 2.66. The van der Waals surface area contributed by atoms with Gasteiger partial charge in [-0.2, -0.15) is 11.8 Å². The van der Waals surface area contributed by atoms with Crippen LogP contribution in [-0.4, -0.2) is 36.2 Å². The molecule has 1 unspecified atom stereocenters. The van der Waals surface area contributed by atoms with Crippen LogP contribution in [0.3, 0.4) is 0 Å². The zero-order valence-electron chi connectivity index (χ0n) is 16.3. The highest BCUT2D eigenvalue weighted by Gasteiger charge is 2.17. The molecule has 5 nitrogen and oxygen atoms in total. The lowest BCUT2D eigenvalue weighted by Crippen LogP contribution is -2.36. The maximum atomic E-state index is 11.4. The summed E-state index contributed by atoms with van der Waals surface area (Å²) >= 11 is 5.19. The van der Waals surface area contributed by atoms with Gasteiger partial charge in [0.05, 0.1) is 11.6 Å². The van der Waals surface area contributed by atoms with Gasteiger partial charge in [-0.3, -0.25) is 4.79 Å². The molecule has 0 amide bonds. The fraction of sp³-hybridized carbons (Fsp3) is 0.381. The third-order valence-electron chi connectivity index (χ3n) is 4.22. The Hall–Kier alpha value is -1.70. The zero-order valence-corrected chi connectivity index (χ0v) is 18.7. The summed E-state index contributed by atoms with van der Waals surface area (Å²) in [6.45, 7) is 2.91. The summed E-state index contributed by atoms with van der Waals surface area (Å²) in [6, 6.07) is 11.4. The number of methoxy groups -OCH3 is 1. The van der Waals surface area contributed by atoms with Crippen molar-refractivity contribution in [1.29, 1.82) is 0 Å². The van der Waals surface area contributed by atoms with Gasteiger partial charge in [-0.15, -0.1) is 0 Å². The summed E-state index contributed by atoms with van der Waals surface area (Å²) in [6.07, 6.45) is 2.54. The Kier molecular flexibility index (Phi) is 9.15. The van der Waals surface area contributed by atoms with Crippen molar-refractivity contribution >= 4 is 33.7 Å². The lowest BCUT2D eigenvalue weighted by Gasteiger charge is -2.17. The second kappa shape index (κ2) is 11.3. The molecule has 0 aliphatic heterocycles. The molecule has 0 aliphatic rings. The van der Waals surface area contributed by atoms with Gasteiger partial charge in [0.15, 0.2) is 11.5 Å². The number of carboxylic acids is 1. The largest absolute Gasteiger partial charge is 0.493 e. The maximum Gasteiger partial charge on any atom is 0.320 e. The van der Waals surface area contributed by atoms with E-state index in [0.717, 1.165) is 21.4 Å². The van der Waals surface area contributed by atoms with E-state index >= 15 is 0 Å². The van der Waals surface area contributed by atoms with Crippen LogP contribution in [0.15, 0.2) is 40.9 Å². The lowest BCUT2D eigenvalue weighted by atomic mass is 10.1. The Morgan fingerprint density at radius 2 is 2.07 bits per heavy atom. The highest BCUT2D eigenvalue weighted by Crippen LogP contribution is 2.37. The molecule has 0 heterocycles. The number of ether oxygens (including phenoxy) is 2. The first-order valence-electron chi connectivity index (χ1n) is 8.94. The van der Waals surface area contributed by atoms with Crippen LogP contribution in [0.4, 0.5) is 0 Å². The van der Waals surface area contributed by atoms with Gasteiger partial charge in [0, 0.05) is 6.54 Å². The minimum atomic E-state index is -0.835. The molecule has 28 heavy (non-hydrogen) atoms. The van der Waals surface area contributed by atoms with Crippen molar-refractivity contribution in [3.05, 3.63) is 57.6 Å². The van der Waals surface area contributed by atoms with Crippen molar-refractivity contribution in [2.75, 3.05) is 19.1 Å². The SMILES string of the molecule is COc1cc(CNC(CCSC)C(=O)O)cc(Br)c1OCc1cccc(C)c1. The Morgan fingerprint density at radius 1 is 1.29 bits per heavy atom. The lowest BCUT2D eigenvalue weighted by molar-refractivity contribution is -0.139. The minimum Gasteiger partial charge on any atom is -0.493 e. The van der Waals surface area contributed by atoms with Gasteiger partial charge in [-0.25, -0.2) is 0 Å². The predicted molar refractivity (Wildman–Crippen MR) is 117 cm³/mol. The molecule has 2 aromatic rings. The van der Waals surface area contributed by atoms with Crippen molar-refractivity contribution < 1.29 is 19.4 Å². The van der Waals surface area contributed by atoms with Crippen molar-refractivity contribution in [3.63, 3.8) is 0 Å². The van der Waals surface area contributed by atoms with E-state index < -0.39 is 12.0 Å². The van der Waals surface area contributed by atoms with E-state index in [2.05, 4.69) is 27.3 Å². The molecule has 2 aromatic carbocycles. The molecule has 1 atom stereocenters. The number of nitrogens with one attached hydrogen (secondary N) is 1.